The molecule has 2 rings (SSSR count). The van der Waals surface area contributed by atoms with Gasteiger partial charge in [-0.1, -0.05) is 25.7 Å². The van der Waals surface area contributed by atoms with Crippen LogP contribution in [0.2, 0.25) is 0 Å². The van der Waals surface area contributed by atoms with Gasteiger partial charge in [0.05, 0.1) is 5.54 Å². The van der Waals surface area contributed by atoms with Gasteiger partial charge in [-0.25, -0.2) is 0 Å². The molecular formula is C12H22ClNO. The van der Waals surface area contributed by atoms with Crippen molar-refractivity contribution in [2.24, 2.45) is 5.92 Å². The molecule has 0 spiro atoms. The number of rotatable bonds is 1. The molecule has 1 unspecified atom stereocenters. The molecule has 1 saturated heterocycles. The van der Waals surface area contributed by atoms with Gasteiger partial charge in [-0.3, -0.25) is 4.79 Å². The van der Waals surface area contributed by atoms with Crippen molar-refractivity contribution in [2.75, 3.05) is 6.54 Å². The van der Waals surface area contributed by atoms with Crippen LogP contribution >= 0.6 is 12.4 Å². The Balaban J connectivity index is 0.00000112. The van der Waals surface area contributed by atoms with Crippen LogP contribution < -0.4 is 5.32 Å². The van der Waals surface area contributed by atoms with Gasteiger partial charge in [0, 0.05) is 13.0 Å². The van der Waals surface area contributed by atoms with Crippen molar-refractivity contribution in [1.82, 2.24) is 5.32 Å². The Kier molecular flexibility index (Phi) is 4.60. The second kappa shape index (κ2) is 5.31. The number of carbonyl (C=O) groups excluding carboxylic acids is 1. The highest BCUT2D eigenvalue weighted by atomic mass is 35.5. The number of Topliss-reactive ketones (excluding diaryl/α,β-unsaturated/α-hetero) is 1. The van der Waals surface area contributed by atoms with Crippen LogP contribution in [0.25, 0.3) is 0 Å². The zero-order valence-corrected chi connectivity index (χ0v) is 10.4. The average molecular weight is 232 g/mol. The minimum Gasteiger partial charge on any atom is -0.304 e. The van der Waals surface area contributed by atoms with Gasteiger partial charge in [-0.2, -0.15) is 0 Å². The summed E-state index contributed by atoms with van der Waals surface area (Å²) in [6, 6.07) is 0. The minimum absolute atomic E-state index is 0. The first kappa shape index (κ1) is 13.0. The minimum atomic E-state index is -0.176. The van der Waals surface area contributed by atoms with Gasteiger partial charge >= 0.3 is 0 Å². The van der Waals surface area contributed by atoms with E-state index in [2.05, 4.69) is 12.2 Å². The Hall–Kier alpha value is -0.0800. The lowest BCUT2D eigenvalue weighted by Crippen LogP contribution is -2.49. The lowest BCUT2D eigenvalue weighted by atomic mass is 9.79. The first-order valence-electron chi connectivity index (χ1n) is 6.02. The molecule has 1 saturated carbocycles. The summed E-state index contributed by atoms with van der Waals surface area (Å²) < 4.78 is 0. The van der Waals surface area contributed by atoms with Crippen LogP contribution in [-0.2, 0) is 4.79 Å². The monoisotopic (exact) mass is 231 g/mol. The molecule has 15 heavy (non-hydrogen) atoms. The summed E-state index contributed by atoms with van der Waals surface area (Å²) in [5, 5.41) is 3.43. The summed E-state index contributed by atoms with van der Waals surface area (Å²) in [5.41, 5.74) is -0.176. The molecule has 0 bridgehead atoms. The van der Waals surface area contributed by atoms with E-state index in [0.29, 0.717) is 11.7 Å². The van der Waals surface area contributed by atoms with Crippen molar-refractivity contribution >= 4 is 18.2 Å². The van der Waals surface area contributed by atoms with Gasteiger partial charge < -0.3 is 5.32 Å². The van der Waals surface area contributed by atoms with Crippen LogP contribution in [0, 0.1) is 5.92 Å². The van der Waals surface area contributed by atoms with E-state index in [-0.39, 0.29) is 17.9 Å². The SMILES string of the molecule is CC1(C2CCCCCC2)NCCC1=O.Cl. The van der Waals surface area contributed by atoms with Crippen molar-refractivity contribution in [3.63, 3.8) is 0 Å². The maximum atomic E-state index is 11.8. The molecule has 1 N–H and O–H groups in total. The van der Waals surface area contributed by atoms with Crippen LogP contribution in [0.1, 0.15) is 51.9 Å². The van der Waals surface area contributed by atoms with Crippen LogP contribution in [0.5, 0.6) is 0 Å². The molecule has 1 aliphatic heterocycles. The first-order chi connectivity index (χ1) is 6.73. The summed E-state index contributed by atoms with van der Waals surface area (Å²) in [5.74, 6) is 1.05. The Morgan fingerprint density at radius 1 is 1.20 bits per heavy atom. The molecule has 0 aromatic rings. The van der Waals surface area contributed by atoms with E-state index in [9.17, 15) is 4.79 Å². The highest BCUT2D eigenvalue weighted by Crippen LogP contribution is 2.34. The van der Waals surface area contributed by atoms with Crippen molar-refractivity contribution in [3.8, 4) is 0 Å². The Morgan fingerprint density at radius 3 is 2.27 bits per heavy atom. The molecule has 0 aromatic carbocycles. The molecule has 2 nitrogen and oxygen atoms in total. The van der Waals surface area contributed by atoms with Crippen molar-refractivity contribution in [2.45, 2.75) is 57.4 Å². The number of hydrogen-bond donors (Lipinski definition) is 1. The van der Waals surface area contributed by atoms with E-state index in [0.717, 1.165) is 13.0 Å². The molecule has 0 radical (unpaired) electrons. The lowest BCUT2D eigenvalue weighted by Gasteiger charge is -2.32. The molecular weight excluding hydrogens is 210 g/mol. The number of hydrogen-bond acceptors (Lipinski definition) is 2. The van der Waals surface area contributed by atoms with Gasteiger partial charge in [0.1, 0.15) is 0 Å². The summed E-state index contributed by atoms with van der Waals surface area (Å²) in [7, 11) is 0. The van der Waals surface area contributed by atoms with Gasteiger partial charge in [-0.05, 0) is 25.7 Å². The van der Waals surface area contributed by atoms with Crippen LogP contribution in [-0.4, -0.2) is 17.9 Å². The highest BCUT2D eigenvalue weighted by Gasteiger charge is 2.43. The Labute approximate surface area is 98.6 Å². The topological polar surface area (TPSA) is 29.1 Å². The van der Waals surface area contributed by atoms with Gasteiger partial charge in [0.15, 0.2) is 5.78 Å². The number of halogens is 1. The van der Waals surface area contributed by atoms with Crippen molar-refractivity contribution < 1.29 is 4.79 Å². The largest absolute Gasteiger partial charge is 0.304 e. The van der Waals surface area contributed by atoms with Gasteiger partial charge in [-0.15, -0.1) is 12.4 Å². The third-order valence-corrected chi connectivity index (χ3v) is 4.10. The summed E-state index contributed by atoms with van der Waals surface area (Å²) >= 11 is 0. The smallest absolute Gasteiger partial charge is 0.154 e. The normalized spacial score (nSPS) is 33.5. The fraction of sp³-hybridized carbons (Fsp3) is 0.917. The second-order valence-electron chi connectivity index (χ2n) is 4.99. The predicted molar refractivity (Wildman–Crippen MR) is 64.5 cm³/mol. The maximum absolute atomic E-state index is 11.8. The third-order valence-electron chi connectivity index (χ3n) is 4.10. The molecule has 1 aliphatic carbocycles. The lowest BCUT2D eigenvalue weighted by molar-refractivity contribution is -0.123. The molecule has 2 aliphatic rings. The number of nitrogens with one attached hydrogen (secondary N) is 1. The van der Waals surface area contributed by atoms with Crippen LogP contribution in [0.3, 0.4) is 0 Å². The Morgan fingerprint density at radius 2 is 1.80 bits per heavy atom. The van der Waals surface area contributed by atoms with E-state index in [4.69, 9.17) is 0 Å². The van der Waals surface area contributed by atoms with E-state index in [1.54, 1.807) is 0 Å². The molecule has 0 amide bonds. The number of ketones is 1. The van der Waals surface area contributed by atoms with Crippen LogP contribution in [0.4, 0.5) is 0 Å². The predicted octanol–water partition coefficient (Wildman–Crippen LogP) is 2.70. The maximum Gasteiger partial charge on any atom is 0.154 e. The molecule has 2 fully saturated rings. The van der Waals surface area contributed by atoms with Crippen LogP contribution in [0.15, 0.2) is 0 Å². The van der Waals surface area contributed by atoms with E-state index in [1.165, 1.54) is 38.5 Å². The highest BCUT2D eigenvalue weighted by molar-refractivity contribution is 5.90. The zero-order valence-electron chi connectivity index (χ0n) is 9.55. The fourth-order valence-corrected chi connectivity index (χ4v) is 3.02. The Bertz CT molecular complexity index is 224. The molecule has 1 atom stereocenters. The summed E-state index contributed by atoms with van der Waals surface area (Å²) in [4.78, 5) is 11.8. The van der Waals surface area contributed by atoms with Gasteiger partial charge in [0.25, 0.3) is 0 Å². The average Bonchev–Trinajstić information content (AvgIpc) is 2.47. The standard InChI is InChI=1S/C12H21NO.ClH/c1-12(11(14)8-9-13-12)10-6-4-2-3-5-7-10;/h10,13H,2-9H2,1H3;1H. The molecule has 1 heterocycles. The second-order valence-corrected chi connectivity index (χ2v) is 4.99. The van der Waals surface area contributed by atoms with Gasteiger partial charge in [0.2, 0.25) is 0 Å². The molecule has 0 aromatic heterocycles. The van der Waals surface area contributed by atoms with Crippen molar-refractivity contribution in [1.29, 1.82) is 0 Å². The summed E-state index contributed by atoms with van der Waals surface area (Å²) in [6.07, 6.45) is 8.59. The number of carbonyl (C=O) groups is 1. The first-order valence-corrected chi connectivity index (χ1v) is 6.02. The van der Waals surface area contributed by atoms with E-state index in [1.807, 2.05) is 0 Å². The fourth-order valence-electron chi connectivity index (χ4n) is 3.02. The van der Waals surface area contributed by atoms with E-state index >= 15 is 0 Å². The molecule has 88 valence electrons. The zero-order chi connectivity index (χ0) is 10.0. The van der Waals surface area contributed by atoms with E-state index < -0.39 is 0 Å². The summed E-state index contributed by atoms with van der Waals surface area (Å²) in [6.45, 7) is 3.02. The molecule has 3 heteroatoms. The van der Waals surface area contributed by atoms with Crippen molar-refractivity contribution in [3.05, 3.63) is 0 Å². The third kappa shape index (κ3) is 2.54. The quantitative estimate of drug-likeness (QED) is 0.704.